The minimum atomic E-state index is -0.168. The molecule has 1 saturated heterocycles. The van der Waals surface area contributed by atoms with Gasteiger partial charge in [0.15, 0.2) is 0 Å². The number of hydroxylamine groups is 4. The van der Waals surface area contributed by atoms with Gasteiger partial charge >= 0.3 is 0 Å². The summed E-state index contributed by atoms with van der Waals surface area (Å²) in [5, 5.41) is 4.63. The molecule has 3 fully saturated rings. The van der Waals surface area contributed by atoms with Crippen molar-refractivity contribution in [3.8, 4) is 0 Å². The quantitative estimate of drug-likeness (QED) is 0.373. The van der Waals surface area contributed by atoms with Gasteiger partial charge in [-0.15, -0.1) is 0 Å². The highest BCUT2D eigenvalue weighted by atomic mass is 16.7. The van der Waals surface area contributed by atoms with Crippen molar-refractivity contribution in [2.24, 2.45) is 0 Å². The van der Waals surface area contributed by atoms with E-state index < -0.39 is 0 Å². The van der Waals surface area contributed by atoms with Crippen molar-refractivity contribution in [2.75, 3.05) is 0 Å². The van der Waals surface area contributed by atoms with Gasteiger partial charge in [0, 0.05) is 34.8 Å². The van der Waals surface area contributed by atoms with E-state index in [1.807, 2.05) is 0 Å². The number of hydrogen-bond donors (Lipinski definition) is 2. The topological polar surface area (TPSA) is 49.0 Å². The van der Waals surface area contributed by atoms with Crippen molar-refractivity contribution in [1.82, 2.24) is 21.0 Å². The Bertz CT molecular complexity index is 745. The summed E-state index contributed by atoms with van der Waals surface area (Å²) in [6.45, 7) is 18.6. The zero-order chi connectivity index (χ0) is 26.2. The minimum absolute atomic E-state index is 0.0251. The Labute approximate surface area is 221 Å². The first-order valence-electron chi connectivity index (χ1n) is 15.0. The molecule has 4 rings (SSSR count). The van der Waals surface area contributed by atoms with Crippen molar-refractivity contribution in [3.63, 3.8) is 0 Å². The lowest BCUT2D eigenvalue weighted by Crippen LogP contribution is -2.65. The second kappa shape index (κ2) is 10.8. The second-order valence-corrected chi connectivity index (χ2v) is 14.6. The average Bonchev–Trinajstić information content (AvgIpc) is 2.78. The molecular formula is C30H56N4O2. The van der Waals surface area contributed by atoms with E-state index in [0.717, 1.165) is 19.3 Å². The van der Waals surface area contributed by atoms with Gasteiger partial charge < -0.3 is 5.43 Å². The molecule has 0 spiro atoms. The standard InChI is InChI=1S/C30H56N4O2/c1-27(2)19-23(20-28(3,4)33(27)35-25-15-11-9-12-16-25)31-32-24-21-29(5,6)34(30(7,8)22-24)36-26-17-13-10-14-18-26/h19,24-26,31-32H,9-18,20-22H2,1-8H3. The lowest BCUT2D eigenvalue weighted by molar-refractivity contribution is -0.311. The van der Waals surface area contributed by atoms with Crippen molar-refractivity contribution in [2.45, 2.75) is 179 Å². The van der Waals surface area contributed by atoms with Crippen LogP contribution in [0, 0.1) is 0 Å². The maximum atomic E-state index is 6.69. The molecule has 208 valence electrons. The van der Waals surface area contributed by atoms with Gasteiger partial charge in [0.05, 0.1) is 17.7 Å². The van der Waals surface area contributed by atoms with Crippen LogP contribution in [0.3, 0.4) is 0 Å². The van der Waals surface area contributed by atoms with Crippen LogP contribution >= 0.6 is 0 Å². The normalized spacial score (nSPS) is 30.2. The summed E-state index contributed by atoms with van der Waals surface area (Å²) in [5.74, 6) is 0. The lowest BCUT2D eigenvalue weighted by atomic mass is 9.79. The van der Waals surface area contributed by atoms with Crippen LogP contribution in [-0.2, 0) is 9.68 Å². The van der Waals surface area contributed by atoms with Crippen LogP contribution < -0.4 is 10.9 Å². The molecule has 0 aromatic heterocycles. The summed E-state index contributed by atoms with van der Waals surface area (Å²) < 4.78 is 0. The predicted octanol–water partition coefficient (Wildman–Crippen LogP) is 6.78. The molecular weight excluding hydrogens is 448 g/mol. The Morgan fingerprint density at radius 3 is 1.61 bits per heavy atom. The maximum absolute atomic E-state index is 6.69. The first-order valence-corrected chi connectivity index (χ1v) is 15.0. The fourth-order valence-electron chi connectivity index (χ4n) is 7.70. The summed E-state index contributed by atoms with van der Waals surface area (Å²) in [7, 11) is 0. The molecule has 0 bridgehead atoms. The minimum Gasteiger partial charge on any atom is -0.326 e. The average molecular weight is 505 g/mol. The number of hydrogen-bond acceptors (Lipinski definition) is 6. The molecule has 0 atom stereocenters. The highest BCUT2D eigenvalue weighted by Crippen LogP contribution is 2.41. The van der Waals surface area contributed by atoms with Gasteiger partial charge in [0.1, 0.15) is 0 Å². The zero-order valence-corrected chi connectivity index (χ0v) is 24.7. The van der Waals surface area contributed by atoms with Crippen molar-refractivity contribution >= 4 is 0 Å². The molecule has 0 aromatic rings. The fraction of sp³-hybridized carbons (Fsp3) is 0.933. The fourth-order valence-corrected chi connectivity index (χ4v) is 7.70. The molecule has 0 unspecified atom stereocenters. The van der Waals surface area contributed by atoms with Crippen LogP contribution in [0.15, 0.2) is 11.8 Å². The Morgan fingerprint density at radius 1 is 0.667 bits per heavy atom. The Hall–Kier alpha value is -0.660. The molecule has 6 nitrogen and oxygen atoms in total. The zero-order valence-electron chi connectivity index (χ0n) is 24.7. The summed E-state index contributed by atoms with van der Waals surface area (Å²) in [4.78, 5) is 13.3. The highest BCUT2D eigenvalue weighted by Gasteiger charge is 2.48. The molecule has 2 aliphatic carbocycles. The van der Waals surface area contributed by atoms with E-state index in [1.54, 1.807) is 0 Å². The number of hydrazine groups is 1. The van der Waals surface area contributed by atoms with Crippen LogP contribution in [0.4, 0.5) is 0 Å². The van der Waals surface area contributed by atoms with Gasteiger partial charge in [0.2, 0.25) is 0 Å². The van der Waals surface area contributed by atoms with E-state index in [0.29, 0.717) is 18.2 Å². The Balaban J connectivity index is 1.37. The number of nitrogens with one attached hydrogen (secondary N) is 2. The van der Waals surface area contributed by atoms with E-state index in [4.69, 9.17) is 9.68 Å². The first kappa shape index (κ1) is 28.4. The summed E-state index contributed by atoms with van der Waals surface area (Å²) >= 11 is 0. The number of rotatable bonds is 7. The van der Waals surface area contributed by atoms with Crippen LogP contribution in [0.5, 0.6) is 0 Å². The van der Waals surface area contributed by atoms with Crippen molar-refractivity contribution in [1.29, 1.82) is 0 Å². The van der Waals surface area contributed by atoms with Crippen LogP contribution in [0.1, 0.15) is 139 Å². The van der Waals surface area contributed by atoms with Crippen LogP contribution in [-0.4, -0.2) is 50.5 Å². The monoisotopic (exact) mass is 504 g/mol. The third-order valence-corrected chi connectivity index (χ3v) is 8.87. The van der Waals surface area contributed by atoms with Gasteiger partial charge in [-0.3, -0.25) is 9.68 Å². The molecule has 2 aliphatic heterocycles. The maximum Gasteiger partial charge on any atom is 0.0794 e. The van der Waals surface area contributed by atoms with E-state index in [-0.39, 0.29) is 22.2 Å². The number of piperidine rings is 1. The molecule has 6 heteroatoms. The van der Waals surface area contributed by atoms with Crippen molar-refractivity contribution < 1.29 is 9.68 Å². The molecule has 2 heterocycles. The van der Waals surface area contributed by atoms with E-state index >= 15 is 0 Å². The van der Waals surface area contributed by atoms with Gasteiger partial charge in [0.25, 0.3) is 0 Å². The summed E-state index contributed by atoms with van der Waals surface area (Å²) in [5.41, 5.74) is 8.38. The second-order valence-electron chi connectivity index (χ2n) is 14.6. The third kappa shape index (κ3) is 6.66. The van der Waals surface area contributed by atoms with Crippen LogP contribution in [0.25, 0.3) is 0 Å². The Kier molecular flexibility index (Phi) is 8.54. The highest BCUT2D eigenvalue weighted by molar-refractivity contribution is 5.19. The predicted molar refractivity (Wildman–Crippen MR) is 148 cm³/mol. The van der Waals surface area contributed by atoms with Gasteiger partial charge in [-0.1, -0.05) is 38.5 Å². The molecule has 4 aliphatic rings. The molecule has 0 radical (unpaired) electrons. The van der Waals surface area contributed by atoms with Gasteiger partial charge in [-0.25, -0.2) is 5.43 Å². The molecule has 2 saturated carbocycles. The smallest absolute Gasteiger partial charge is 0.0794 e. The SMILES string of the molecule is CC1(C)C=C(NNC2CC(C)(C)N(OC3CCCCC3)C(C)(C)C2)CC(C)(C)N1OC1CCCCC1. The third-order valence-electron chi connectivity index (χ3n) is 8.87. The van der Waals surface area contributed by atoms with E-state index in [9.17, 15) is 0 Å². The molecule has 0 amide bonds. The van der Waals surface area contributed by atoms with Gasteiger partial charge in [-0.2, -0.15) is 10.1 Å². The first-order chi connectivity index (χ1) is 16.8. The molecule has 0 aromatic carbocycles. The molecule has 2 N–H and O–H groups in total. The largest absolute Gasteiger partial charge is 0.326 e. The van der Waals surface area contributed by atoms with Crippen LogP contribution in [0.2, 0.25) is 0 Å². The van der Waals surface area contributed by atoms with Gasteiger partial charge in [-0.05, 0) is 100.0 Å². The summed E-state index contributed by atoms with van der Waals surface area (Å²) in [6, 6.07) is 0.379. The lowest BCUT2D eigenvalue weighted by Gasteiger charge is -2.55. The van der Waals surface area contributed by atoms with E-state index in [1.165, 1.54) is 69.9 Å². The van der Waals surface area contributed by atoms with E-state index in [2.05, 4.69) is 82.4 Å². The number of nitrogens with zero attached hydrogens (tertiary/aromatic N) is 2. The van der Waals surface area contributed by atoms with Crippen molar-refractivity contribution in [3.05, 3.63) is 11.8 Å². The Morgan fingerprint density at radius 2 is 1.14 bits per heavy atom. The summed E-state index contributed by atoms with van der Waals surface area (Å²) in [6.07, 6.45) is 18.8. The molecule has 36 heavy (non-hydrogen) atoms.